The van der Waals surface area contributed by atoms with Crippen LogP contribution in [0.15, 0.2) is 46.3 Å². The van der Waals surface area contributed by atoms with Gasteiger partial charge in [0.15, 0.2) is 0 Å². The maximum absolute atomic E-state index is 12.6. The van der Waals surface area contributed by atoms with Crippen LogP contribution in [0.5, 0.6) is 0 Å². The van der Waals surface area contributed by atoms with Crippen LogP contribution in [0.25, 0.3) is 0 Å². The highest BCUT2D eigenvalue weighted by molar-refractivity contribution is 9.10. The fraction of sp³-hybridized carbons (Fsp3) is 0.294. The van der Waals surface area contributed by atoms with Gasteiger partial charge in [-0.2, -0.15) is 0 Å². The quantitative estimate of drug-likeness (QED) is 0.852. The number of rotatable bonds is 3. The number of anilines is 1. The number of piperidine rings is 1. The van der Waals surface area contributed by atoms with E-state index in [9.17, 15) is 9.59 Å². The van der Waals surface area contributed by atoms with E-state index in [0.717, 1.165) is 23.0 Å². The third kappa shape index (κ3) is 3.82. The van der Waals surface area contributed by atoms with Crippen molar-refractivity contribution < 1.29 is 9.59 Å². The second-order valence-corrected chi connectivity index (χ2v) is 7.35. The Morgan fingerprint density at radius 2 is 1.96 bits per heavy atom. The summed E-state index contributed by atoms with van der Waals surface area (Å²) >= 11 is 4.79. The van der Waals surface area contributed by atoms with E-state index < -0.39 is 6.04 Å². The van der Waals surface area contributed by atoms with Gasteiger partial charge >= 0.3 is 0 Å². The van der Waals surface area contributed by atoms with Crippen molar-refractivity contribution in [1.29, 1.82) is 0 Å². The summed E-state index contributed by atoms with van der Waals surface area (Å²) in [5, 5.41) is 4.80. The van der Waals surface area contributed by atoms with Gasteiger partial charge in [0.05, 0.1) is 4.88 Å². The van der Waals surface area contributed by atoms with Gasteiger partial charge < -0.3 is 10.2 Å². The Hall–Kier alpha value is -1.66. The lowest BCUT2D eigenvalue weighted by molar-refractivity contribution is -0.121. The van der Waals surface area contributed by atoms with Crippen LogP contribution in [0, 0.1) is 0 Å². The van der Waals surface area contributed by atoms with Crippen LogP contribution in [0.2, 0.25) is 0 Å². The van der Waals surface area contributed by atoms with Crippen molar-refractivity contribution in [3.8, 4) is 0 Å². The average Bonchev–Trinajstić information content (AvgIpc) is 3.11. The summed E-state index contributed by atoms with van der Waals surface area (Å²) < 4.78 is 0.961. The number of carbonyl (C=O) groups is 2. The second-order valence-electron chi connectivity index (χ2n) is 5.48. The first-order chi connectivity index (χ1) is 11.1. The lowest BCUT2D eigenvalue weighted by Gasteiger charge is -2.34. The third-order valence-electron chi connectivity index (χ3n) is 3.91. The molecule has 1 aromatic carbocycles. The van der Waals surface area contributed by atoms with Crippen LogP contribution in [0.1, 0.15) is 28.9 Å². The van der Waals surface area contributed by atoms with Gasteiger partial charge in [0, 0.05) is 16.7 Å². The van der Waals surface area contributed by atoms with Crippen LogP contribution in [0.4, 0.5) is 5.69 Å². The molecule has 1 saturated heterocycles. The van der Waals surface area contributed by atoms with Crippen molar-refractivity contribution in [1.82, 2.24) is 4.90 Å². The molecule has 1 aliphatic heterocycles. The standard InChI is InChI=1S/C17H17BrN2O2S/c18-12-6-8-13(9-7-12)19-16(21)14-4-1-2-10-20(14)17(22)15-5-3-11-23-15/h3,5-9,11,14H,1-2,4,10H2,(H,19,21). The van der Waals surface area contributed by atoms with E-state index >= 15 is 0 Å². The summed E-state index contributed by atoms with van der Waals surface area (Å²) in [6.45, 7) is 0.634. The number of likely N-dealkylation sites (tertiary alicyclic amines) is 1. The number of hydrogen-bond donors (Lipinski definition) is 1. The minimum Gasteiger partial charge on any atom is -0.326 e. The normalized spacial score (nSPS) is 17.8. The molecule has 3 rings (SSSR count). The third-order valence-corrected chi connectivity index (χ3v) is 5.30. The van der Waals surface area contributed by atoms with Crippen molar-refractivity contribution in [3.63, 3.8) is 0 Å². The van der Waals surface area contributed by atoms with Crippen LogP contribution in [-0.2, 0) is 4.79 Å². The lowest BCUT2D eigenvalue weighted by Crippen LogP contribution is -2.49. The second kappa shape index (κ2) is 7.27. The summed E-state index contributed by atoms with van der Waals surface area (Å²) in [7, 11) is 0. The van der Waals surface area contributed by atoms with Gasteiger partial charge in [0.1, 0.15) is 6.04 Å². The molecule has 1 aliphatic rings. The minimum atomic E-state index is -0.401. The van der Waals surface area contributed by atoms with Crippen molar-refractivity contribution >= 4 is 44.8 Å². The van der Waals surface area contributed by atoms with E-state index in [1.54, 1.807) is 4.90 Å². The first-order valence-electron chi connectivity index (χ1n) is 7.56. The molecule has 0 radical (unpaired) electrons. The summed E-state index contributed by atoms with van der Waals surface area (Å²) in [6.07, 6.45) is 2.62. The van der Waals surface area contributed by atoms with Gasteiger partial charge in [0.25, 0.3) is 5.91 Å². The molecular weight excluding hydrogens is 376 g/mol. The summed E-state index contributed by atoms with van der Waals surface area (Å²) in [5.74, 6) is -0.160. The maximum atomic E-state index is 12.6. The van der Waals surface area contributed by atoms with Gasteiger partial charge in [-0.05, 0) is 55.0 Å². The van der Waals surface area contributed by atoms with Gasteiger partial charge in [0.2, 0.25) is 5.91 Å². The maximum Gasteiger partial charge on any atom is 0.264 e. The smallest absolute Gasteiger partial charge is 0.264 e. The van der Waals surface area contributed by atoms with Crippen LogP contribution >= 0.6 is 27.3 Å². The first-order valence-corrected chi connectivity index (χ1v) is 9.23. The zero-order chi connectivity index (χ0) is 16.2. The fourth-order valence-electron chi connectivity index (χ4n) is 2.75. The van der Waals surface area contributed by atoms with E-state index in [0.29, 0.717) is 17.8 Å². The van der Waals surface area contributed by atoms with Crippen molar-refractivity contribution in [2.45, 2.75) is 25.3 Å². The number of carbonyl (C=O) groups excluding carboxylic acids is 2. The Balaban J connectivity index is 1.74. The average molecular weight is 393 g/mol. The van der Waals surface area contributed by atoms with Gasteiger partial charge in [-0.15, -0.1) is 11.3 Å². The van der Waals surface area contributed by atoms with Crippen LogP contribution in [0.3, 0.4) is 0 Å². The molecule has 0 bridgehead atoms. The molecule has 1 aromatic heterocycles. The Labute approximate surface area is 147 Å². The molecule has 0 spiro atoms. The number of hydrogen-bond acceptors (Lipinski definition) is 3. The number of benzene rings is 1. The largest absolute Gasteiger partial charge is 0.326 e. The molecule has 2 aromatic rings. The van der Waals surface area contributed by atoms with Crippen molar-refractivity contribution in [2.75, 3.05) is 11.9 Å². The Bertz CT molecular complexity index is 685. The monoisotopic (exact) mass is 392 g/mol. The van der Waals surface area contributed by atoms with Crippen LogP contribution < -0.4 is 5.32 Å². The fourth-order valence-corrected chi connectivity index (χ4v) is 3.69. The molecule has 1 unspecified atom stereocenters. The number of halogens is 1. The minimum absolute atomic E-state index is 0.0457. The Morgan fingerprint density at radius 3 is 2.65 bits per heavy atom. The van der Waals surface area contributed by atoms with Crippen LogP contribution in [-0.4, -0.2) is 29.3 Å². The SMILES string of the molecule is O=C(Nc1ccc(Br)cc1)C1CCCCN1C(=O)c1cccs1. The molecule has 23 heavy (non-hydrogen) atoms. The molecule has 120 valence electrons. The molecule has 1 N–H and O–H groups in total. The number of amides is 2. The molecule has 1 fully saturated rings. The van der Waals surface area contributed by atoms with E-state index in [2.05, 4.69) is 21.2 Å². The molecule has 2 heterocycles. The highest BCUT2D eigenvalue weighted by atomic mass is 79.9. The molecule has 6 heteroatoms. The summed E-state index contributed by atoms with van der Waals surface area (Å²) in [5.41, 5.74) is 0.743. The molecule has 1 atom stereocenters. The highest BCUT2D eigenvalue weighted by Gasteiger charge is 2.32. The lowest BCUT2D eigenvalue weighted by atomic mass is 10.0. The topological polar surface area (TPSA) is 49.4 Å². The van der Waals surface area contributed by atoms with Gasteiger partial charge in [-0.1, -0.05) is 22.0 Å². The number of thiophene rings is 1. The Kier molecular flexibility index (Phi) is 5.13. The van der Waals surface area contributed by atoms with E-state index in [1.165, 1.54) is 11.3 Å². The highest BCUT2D eigenvalue weighted by Crippen LogP contribution is 2.23. The zero-order valence-electron chi connectivity index (χ0n) is 12.5. The van der Waals surface area contributed by atoms with Crippen molar-refractivity contribution in [3.05, 3.63) is 51.1 Å². The molecular formula is C17H17BrN2O2S. The van der Waals surface area contributed by atoms with Crippen molar-refractivity contribution in [2.24, 2.45) is 0 Å². The number of nitrogens with one attached hydrogen (secondary N) is 1. The molecule has 4 nitrogen and oxygen atoms in total. The van der Waals surface area contributed by atoms with Gasteiger partial charge in [-0.25, -0.2) is 0 Å². The predicted octanol–water partition coefficient (Wildman–Crippen LogP) is 4.14. The summed E-state index contributed by atoms with van der Waals surface area (Å²) in [6, 6.07) is 10.7. The Morgan fingerprint density at radius 1 is 1.17 bits per heavy atom. The summed E-state index contributed by atoms with van der Waals surface area (Å²) in [4.78, 5) is 27.6. The zero-order valence-corrected chi connectivity index (χ0v) is 14.9. The first kappa shape index (κ1) is 16.2. The predicted molar refractivity (Wildman–Crippen MR) is 95.8 cm³/mol. The van der Waals surface area contributed by atoms with E-state index in [-0.39, 0.29) is 11.8 Å². The van der Waals surface area contributed by atoms with E-state index in [4.69, 9.17) is 0 Å². The molecule has 0 aliphatic carbocycles. The number of nitrogens with zero attached hydrogens (tertiary/aromatic N) is 1. The van der Waals surface area contributed by atoms with Gasteiger partial charge in [-0.3, -0.25) is 9.59 Å². The molecule has 0 saturated carbocycles. The van der Waals surface area contributed by atoms with E-state index in [1.807, 2.05) is 41.8 Å². The molecule has 2 amide bonds.